The summed E-state index contributed by atoms with van der Waals surface area (Å²) in [6.45, 7) is 7.10. The Balaban J connectivity index is 1.38. The van der Waals surface area contributed by atoms with E-state index >= 15 is 0 Å². The second kappa shape index (κ2) is 11.8. The zero-order chi connectivity index (χ0) is 28.1. The van der Waals surface area contributed by atoms with E-state index in [1.807, 2.05) is 98.2 Å². The molecule has 0 aliphatic rings. The van der Waals surface area contributed by atoms with Crippen molar-refractivity contribution in [3.05, 3.63) is 107 Å². The van der Waals surface area contributed by atoms with Gasteiger partial charge in [0.15, 0.2) is 0 Å². The van der Waals surface area contributed by atoms with Crippen LogP contribution in [0.15, 0.2) is 84.0 Å². The summed E-state index contributed by atoms with van der Waals surface area (Å²) in [7, 11) is 1.65. The van der Waals surface area contributed by atoms with Gasteiger partial charge in [0.1, 0.15) is 11.5 Å². The number of hydrazone groups is 1. The van der Waals surface area contributed by atoms with Gasteiger partial charge in [-0.3, -0.25) is 9.48 Å². The lowest BCUT2D eigenvalue weighted by molar-refractivity contribution is 0.0956. The summed E-state index contributed by atoms with van der Waals surface area (Å²) >= 11 is 0. The predicted molar refractivity (Wildman–Crippen MR) is 157 cm³/mol. The van der Waals surface area contributed by atoms with Crippen LogP contribution in [0.2, 0.25) is 0 Å². The number of aryl methyl sites for hydroxylation is 2. The first-order valence-electron chi connectivity index (χ1n) is 13.1. The molecule has 0 bridgehead atoms. The van der Waals surface area contributed by atoms with Crippen LogP contribution in [0.1, 0.15) is 39.8 Å². The van der Waals surface area contributed by atoms with Gasteiger partial charge in [-0.15, -0.1) is 0 Å². The van der Waals surface area contributed by atoms with Crippen LogP contribution in [-0.2, 0) is 6.54 Å². The Labute approximate surface area is 233 Å². The summed E-state index contributed by atoms with van der Waals surface area (Å²) in [5.74, 6) is 1.23. The number of nitrogens with zero attached hydrogens (tertiary/aromatic N) is 4. The van der Waals surface area contributed by atoms with Gasteiger partial charge in [0.2, 0.25) is 0 Å². The van der Waals surface area contributed by atoms with Gasteiger partial charge >= 0.3 is 0 Å². The lowest BCUT2D eigenvalue weighted by Gasteiger charge is -2.11. The van der Waals surface area contributed by atoms with Crippen molar-refractivity contribution in [1.82, 2.24) is 20.2 Å². The number of nitrogens with one attached hydrogen (secondary N) is 1. The van der Waals surface area contributed by atoms with Crippen molar-refractivity contribution in [2.75, 3.05) is 13.7 Å². The minimum absolute atomic E-state index is 0.321. The molecule has 0 unspecified atom stereocenters. The fourth-order valence-electron chi connectivity index (χ4n) is 4.62. The quantitative estimate of drug-likeness (QED) is 0.187. The zero-order valence-corrected chi connectivity index (χ0v) is 23.0. The summed E-state index contributed by atoms with van der Waals surface area (Å²) in [6.07, 6.45) is 1.62. The van der Waals surface area contributed by atoms with E-state index in [2.05, 4.69) is 15.6 Å². The van der Waals surface area contributed by atoms with Gasteiger partial charge in [-0.25, -0.2) is 10.4 Å². The summed E-state index contributed by atoms with van der Waals surface area (Å²) in [5, 5.41) is 9.57. The van der Waals surface area contributed by atoms with Crippen LogP contribution in [0, 0.1) is 13.8 Å². The van der Waals surface area contributed by atoms with Crippen molar-refractivity contribution in [3.8, 4) is 22.8 Å². The van der Waals surface area contributed by atoms with E-state index in [4.69, 9.17) is 14.5 Å². The van der Waals surface area contributed by atoms with E-state index in [9.17, 15) is 4.79 Å². The smallest absolute Gasteiger partial charge is 0.272 e. The number of carbonyl (C=O) groups excluding carboxylic acids is 1. The molecule has 0 radical (unpaired) electrons. The van der Waals surface area contributed by atoms with Crippen LogP contribution in [-0.4, -0.2) is 40.6 Å². The molecule has 2 aromatic heterocycles. The van der Waals surface area contributed by atoms with E-state index in [0.29, 0.717) is 24.4 Å². The van der Waals surface area contributed by atoms with Crippen LogP contribution in [0.4, 0.5) is 0 Å². The number of aromatic nitrogens is 3. The first-order chi connectivity index (χ1) is 19.4. The second-order valence-electron chi connectivity index (χ2n) is 9.38. The van der Waals surface area contributed by atoms with Crippen LogP contribution in [0.3, 0.4) is 0 Å². The van der Waals surface area contributed by atoms with Crippen molar-refractivity contribution >= 4 is 23.0 Å². The molecule has 8 nitrogen and oxygen atoms in total. The van der Waals surface area contributed by atoms with Gasteiger partial charge in [-0.2, -0.15) is 10.2 Å². The van der Waals surface area contributed by atoms with Crippen molar-refractivity contribution in [3.63, 3.8) is 0 Å². The Kier molecular flexibility index (Phi) is 7.87. The molecular weight excluding hydrogens is 502 g/mol. The molecule has 0 atom stereocenters. The number of para-hydroxylation sites is 1. The maximum atomic E-state index is 13.3. The van der Waals surface area contributed by atoms with E-state index in [0.717, 1.165) is 50.5 Å². The van der Waals surface area contributed by atoms with Crippen LogP contribution >= 0.6 is 0 Å². The number of hydrogen-bond acceptors (Lipinski definition) is 6. The van der Waals surface area contributed by atoms with Crippen molar-refractivity contribution in [1.29, 1.82) is 0 Å². The normalized spacial score (nSPS) is 11.2. The Morgan fingerprint density at radius 1 is 1.02 bits per heavy atom. The number of amides is 1. The summed E-state index contributed by atoms with van der Waals surface area (Å²) in [4.78, 5) is 18.1. The van der Waals surface area contributed by atoms with Gasteiger partial charge in [0.05, 0.1) is 48.9 Å². The minimum Gasteiger partial charge on any atom is -0.496 e. The highest BCUT2D eigenvalue weighted by Gasteiger charge is 2.14. The highest BCUT2D eigenvalue weighted by atomic mass is 16.5. The molecule has 1 amide bonds. The number of methoxy groups -OCH3 is 1. The molecule has 8 heteroatoms. The molecule has 0 saturated carbocycles. The summed E-state index contributed by atoms with van der Waals surface area (Å²) < 4.78 is 13.0. The minimum atomic E-state index is -0.321. The maximum absolute atomic E-state index is 13.3. The maximum Gasteiger partial charge on any atom is 0.272 e. The molecule has 5 aromatic rings. The lowest BCUT2D eigenvalue weighted by Crippen LogP contribution is -2.18. The predicted octanol–water partition coefficient (Wildman–Crippen LogP) is 5.93. The summed E-state index contributed by atoms with van der Waals surface area (Å²) in [5.41, 5.74) is 9.31. The molecule has 0 spiro atoms. The van der Waals surface area contributed by atoms with Crippen LogP contribution < -0.4 is 14.9 Å². The molecule has 0 fully saturated rings. The van der Waals surface area contributed by atoms with E-state index in [-0.39, 0.29) is 5.91 Å². The molecule has 0 aliphatic heterocycles. The molecule has 0 aliphatic carbocycles. The topological polar surface area (TPSA) is 90.6 Å². The number of fused-ring (bicyclic) bond motifs is 1. The summed E-state index contributed by atoms with van der Waals surface area (Å²) in [6, 6.07) is 24.9. The fraction of sp³-hybridized carbons (Fsp3) is 0.188. The Morgan fingerprint density at radius 2 is 1.82 bits per heavy atom. The van der Waals surface area contributed by atoms with Crippen molar-refractivity contribution in [2.45, 2.75) is 27.3 Å². The third-order valence-electron chi connectivity index (χ3n) is 6.53. The first kappa shape index (κ1) is 26.6. The monoisotopic (exact) mass is 533 g/mol. The van der Waals surface area contributed by atoms with Crippen molar-refractivity contribution < 1.29 is 14.3 Å². The average molecular weight is 534 g/mol. The van der Waals surface area contributed by atoms with Gasteiger partial charge in [0.25, 0.3) is 5.91 Å². The highest BCUT2D eigenvalue weighted by Crippen LogP contribution is 2.27. The third kappa shape index (κ3) is 5.86. The SMILES string of the molecule is CCOc1ccc(-c2cc(C(=O)N/N=C\c3ccc(OC)c(Cn4nc(C)cc4C)c3)c3ccccc3n2)cc1. The van der Waals surface area contributed by atoms with E-state index in [1.165, 1.54) is 0 Å². The largest absolute Gasteiger partial charge is 0.496 e. The number of hydrogen-bond donors (Lipinski definition) is 1. The fourth-order valence-corrected chi connectivity index (χ4v) is 4.62. The standard InChI is InChI=1S/C32H31N5O3/c1-5-40-26-13-11-24(12-14-26)30-18-28(27-8-6-7-9-29(27)34-30)32(38)35-33-19-23-10-15-31(39-4)25(17-23)20-37-22(3)16-21(2)36-37/h6-19H,5,20H2,1-4H3,(H,35,38)/b33-19-. The van der Waals surface area contributed by atoms with Crippen molar-refractivity contribution in [2.24, 2.45) is 5.10 Å². The van der Waals surface area contributed by atoms with Crippen LogP contribution in [0.5, 0.6) is 11.5 Å². The Morgan fingerprint density at radius 3 is 2.55 bits per heavy atom. The molecule has 2 heterocycles. The Hall–Kier alpha value is -4.98. The molecular formula is C32H31N5O3. The van der Waals surface area contributed by atoms with E-state index in [1.54, 1.807) is 19.4 Å². The zero-order valence-electron chi connectivity index (χ0n) is 23.0. The van der Waals surface area contributed by atoms with Crippen LogP contribution in [0.25, 0.3) is 22.2 Å². The number of ether oxygens (including phenoxy) is 2. The second-order valence-corrected chi connectivity index (χ2v) is 9.38. The van der Waals surface area contributed by atoms with E-state index < -0.39 is 0 Å². The highest BCUT2D eigenvalue weighted by molar-refractivity contribution is 6.07. The first-order valence-corrected chi connectivity index (χ1v) is 13.1. The molecule has 1 N–H and O–H groups in total. The average Bonchev–Trinajstić information content (AvgIpc) is 3.29. The molecule has 0 saturated heterocycles. The number of carbonyl (C=O) groups is 1. The third-order valence-corrected chi connectivity index (χ3v) is 6.53. The van der Waals surface area contributed by atoms with Gasteiger partial charge in [-0.1, -0.05) is 18.2 Å². The van der Waals surface area contributed by atoms with Gasteiger partial charge < -0.3 is 9.47 Å². The van der Waals surface area contributed by atoms with Gasteiger partial charge in [0, 0.05) is 22.2 Å². The molecule has 3 aromatic carbocycles. The molecule has 202 valence electrons. The lowest BCUT2D eigenvalue weighted by atomic mass is 10.0. The number of rotatable bonds is 9. The number of pyridine rings is 1. The number of benzene rings is 3. The molecule has 40 heavy (non-hydrogen) atoms. The van der Waals surface area contributed by atoms with Gasteiger partial charge in [-0.05, 0) is 87.0 Å². The molecule has 5 rings (SSSR count). The Bertz CT molecular complexity index is 1690.